The predicted octanol–water partition coefficient (Wildman–Crippen LogP) is 8.74. The Balaban J connectivity index is 2.16. The van der Waals surface area contributed by atoms with Gasteiger partial charge >= 0.3 is 0 Å². The van der Waals surface area contributed by atoms with Crippen molar-refractivity contribution >= 4 is 21.5 Å². The average Bonchev–Trinajstić information content (AvgIpc) is 2.94. The summed E-state index contributed by atoms with van der Waals surface area (Å²) in [5.74, 6) is -22.4. The molecule has 0 radical (unpaired) electrons. The van der Waals surface area contributed by atoms with Crippen molar-refractivity contribution in [2.75, 3.05) is 14.2 Å². The van der Waals surface area contributed by atoms with Crippen LogP contribution >= 0.6 is 0 Å². The maximum absolute atomic E-state index is 15.5. The van der Waals surface area contributed by atoms with E-state index in [1.54, 1.807) is 0 Å². The van der Waals surface area contributed by atoms with E-state index in [0.717, 1.165) is 19.2 Å². The summed E-state index contributed by atoms with van der Waals surface area (Å²) in [7, 11) is 1.78. The molecule has 0 aliphatic heterocycles. The molecule has 0 aliphatic rings. The second-order valence-electron chi connectivity index (χ2n) is 8.43. The summed E-state index contributed by atoms with van der Waals surface area (Å²) in [6.07, 6.45) is 0. The lowest BCUT2D eigenvalue weighted by Crippen LogP contribution is -2.07. The van der Waals surface area contributed by atoms with Crippen LogP contribution in [0.3, 0.4) is 0 Å². The average molecular weight is 570 g/mol. The Labute approximate surface area is 218 Å². The van der Waals surface area contributed by atoms with Crippen LogP contribution in [-0.2, 0) is 0 Å². The van der Waals surface area contributed by atoms with E-state index in [1.807, 2.05) is 0 Å². The predicted molar refractivity (Wildman–Crippen MR) is 125 cm³/mol. The van der Waals surface area contributed by atoms with Crippen LogP contribution < -0.4 is 9.47 Å². The lowest BCUT2D eigenvalue weighted by Gasteiger charge is -2.21. The minimum absolute atomic E-state index is 0.332. The highest BCUT2D eigenvalue weighted by atomic mass is 19.2. The first kappa shape index (κ1) is 27.1. The molecule has 5 aromatic rings. The van der Waals surface area contributed by atoms with E-state index in [1.165, 1.54) is 12.1 Å². The second-order valence-corrected chi connectivity index (χ2v) is 8.43. The zero-order chi connectivity index (χ0) is 29.2. The van der Waals surface area contributed by atoms with Crippen LogP contribution in [-0.4, -0.2) is 14.2 Å². The van der Waals surface area contributed by atoms with E-state index >= 15 is 26.3 Å². The van der Waals surface area contributed by atoms with Gasteiger partial charge in [-0.2, -0.15) is 8.78 Å². The highest BCUT2D eigenvalue weighted by molar-refractivity contribution is 6.22. The van der Waals surface area contributed by atoms with Gasteiger partial charge in [0.05, 0.1) is 25.3 Å². The smallest absolute Gasteiger partial charge is 0.204 e. The van der Waals surface area contributed by atoms with Gasteiger partial charge in [0.1, 0.15) is 17.4 Å². The molecule has 0 aliphatic carbocycles. The lowest BCUT2D eigenvalue weighted by molar-refractivity contribution is 0.334. The van der Waals surface area contributed by atoms with Crippen molar-refractivity contribution in [3.63, 3.8) is 0 Å². The molecule has 5 rings (SSSR count). The molecule has 0 spiro atoms. The van der Waals surface area contributed by atoms with Crippen LogP contribution in [0.5, 0.6) is 11.5 Å². The first-order valence-corrected chi connectivity index (χ1v) is 11.1. The Hall–Kier alpha value is -4.48. The summed E-state index contributed by atoms with van der Waals surface area (Å²) >= 11 is 0. The van der Waals surface area contributed by atoms with Crippen molar-refractivity contribution < 1.29 is 53.4 Å². The lowest BCUT2D eigenvalue weighted by atomic mass is 9.84. The van der Waals surface area contributed by atoms with E-state index in [0.29, 0.717) is 19.2 Å². The Bertz CT molecular complexity index is 1830. The fraction of sp³-hybridized carbons (Fsp3) is 0.0714. The molecule has 0 atom stereocenters. The molecule has 0 saturated heterocycles. The van der Waals surface area contributed by atoms with Crippen LogP contribution in [0.1, 0.15) is 0 Å². The van der Waals surface area contributed by atoms with E-state index in [-0.39, 0.29) is 5.75 Å². The van der Waals surface area contributed by atoms with Crippen LogP contribution in [0.4, 0.5) is 43.9 Å². The van der Waals surface area contributed by atoms with Gasteiger partial charge in [0.2, 0.25) is 11.6 Å². The molecule has 2 nitrogen and oxygen atoms in total. The molecule has 0 unspecified atom stereocenters. The first-order valence-electron chi connectivity index (χ1n) is 11.1. The van der Waals surface area contributed by atoms with Crippen molar-refractivity contribution in [3.8, 4) is 33.8 Å². The van der Waals surface area contributed by atoms with E-state index in [4.69, 9.17) is 4.74 Å². The third-order valence-electron chi connectivity index (χ3n) is 6.41. The van der Waals surface area contributed by atoms with Crippen molar-refractivity contribution in [1.82, 2.24) is 0 Å². The van der Waals surface area contributed by atoms with Crippen molar-refractivity contribution in [2.45, 2.75) is 0 Å². The third-order valence-corrected chi connectivity index (χ3v) is 6.41. The Morgan fingerprint density at radius 2 is 0.875 bits per heavy atom. The Morgan fingerprint density at radius 1 is 0.450 bits per heavy atom. The Morgan fingerprint density at radius 3 is 1.27 bits per heavy atom. The Kier molecular flexibility index (Phi) is 6.51. The summed E-state index contributed by atoms with van der Waals surface area (Å²) in [6.45, 7) is 0. The number of fused-ring (bicyclic) bond motifs is 2. The molecule has 0 bridgehead atoms. The van der Waals surface area contributed by atoms with Gasteiger partial charge in [-0.3, -0.25) is 0 Å². The molecule has 0 fully saturated rings. The molecule has 206 valence electrons. The monoisotopic (exact) mass is 570 g/mol. The fourth-order valence-electron chi connectivity index (χ4n) is 4.73. The second kappa shape index (κ2) is 9.61. The van der Waals surface area contributed by atoms with Gasteiger partial charge in [0.15, 0.2) is 40.7 Å². The van der Waals surface area contributed by atoms with Gasteiger partial charge in [-0.25, -0.2) is 35.1 Å². The highest BCUT2D eigenvalue weighted by Crippen LogP contribution is 2.50. The molecule has 40 heavy (non-hydrogen) atoms. The van der Waals surface area contributed by atoms with Gasteiger partial charge in [-0.15, -0.1) is 0 Å². The summed E-state index contributed by atoms with van der Waals surface area (Å²) in [5, 5.41) is -3.82. The number of rotatable bonds is 4. The van der Waals surface area contributed by atoms with Crippen molar-refractivity contribution in [1.29, 1.82) is 0 Å². The maximum atomic E-state index is 15.5. The summed E-state index contributed by atoms with van der Waals surface area (Å²) in [6, 6.07) is 5.76. The van der Waals surface area contributed by atoms with Crippen LogP contribution in [0.2, 0.25) is 0 Å². The van der Waals surface area contributed by atoms with Gasteiger partial charge in [0, 0.05) is 34.0 Å². The van der Waals surface area contributed by atoms with Crippen LogP contribution in [0, 0.1) is 58.2 Å². The zero-order valence-electron chi connectivity index (χ0n) is 20.1. The number of halogens is 10. The number of hydrogen-bond acceptors (Lipinski definition) is 2. The molecule has 5 aromatic carbocycles. The summed E-state index contributed by atoms with van der Waals surface area (Å²) in [4.78, 5) is 0. The molecule has 12 heteroatoms. The normalized spacial score (nSPS) is 11.5. The van der Waals surface area contributed by atoms with Crippen molar-refractivity contribution in [3.05, 3.63) is 94.6 Å². The van der Waals surface area contributed by atoms with Crippen LogP contribution in [0.25, 0.3) is 43.8 Å². The van der Waals surface area contributed by atoms with Gasteiger partial charge in [0.25, 0.3) is 0 Å². The van der Waals surface area contributed by atoms with Gasteiger partial charge in [-0.05, 0) is 10.8 Å². The molecule has 0 heterocycles. The van der Waals surface area contributed by atoms with E-state index < -0.39 is 108 Å². The molecule has 0 saturated carbocycles. The van der Waals surface area contributed by atoms with Gasteiger partial charge < -0.3 is 9.47 Å². The van der Waals surface area contributed by atoms with E-state index in [9.17, 15) is 17.6 Å². The third kappa shape index (κ3) is 3.65. The largest absolute Gasteiger partial charge is 0.497 e. The number of methoxy groups -OCH3 is 2. The zero-order valence-corrected chi connectivity index (χ0v) is 20.1. The molecular formula is C28H12F10O2. The molecule has 0 amide bonds. The number of ether oxygens (including phenoxy) is 2. The fourth-order valence-corrected chi connectivity index (χ4v) is 4.73. The summed E-state index contributed by atoms with van der Waals surface area (Å²) in [5.41, 5.74) is -4.73. The molecular weight excluding hydrogens is 558 g/mol. The topological polar surface area (TPSA) is 18.5 Å². The van der Waals surface area contributed by atoms with E-state index in [2.05, 4.69) is 4.74 Å². The molecule has 0 aromatic heterocycles. The minimum Gasteiger partial charge on any atom is -0.497 e. The standard InChI is InChI=1S/C28H12F10O2/c1-39-9-7-12(29)16(13(30)8-9)14-10-5-3-4-6-11(10)15(18-17(14)20(31)24(35)25(36)21(18)32)19-22(33)26(37)28(40-2)27(38)23(19)34/h3-8H,1-2H3. The minimum atomic E-state index is -2.46. The summed E-state index contributed by atoms with van der Waals surface area (Å²) < 4.78 is 160. The SMILES string of the molecule is COc1cc(F)c(-c2c3ccccc3c(-c3c(F)c(F)c(OC)c(F)c3F)c3c(F)c(F)c(F)c(F)c23)c(F)c1. The van der Waals surface area contributed by atoms with Crippen LogP contribution in [0.15, 0.2) is 36.4 Å². The number of hydrogen-bond donors (Lipinski definition) is 0. The maximum Gasteiger partial charge on any atom is 0.204 e. The van der Waals surface area contributed by atoms with Gasteiger partial charge in [-0.1, -0.05) is 24.3 Å². The number of benzene rings is 5. The quantitative estimate of drug-likeness (QED) is 0.0932. The van der Waals surface area contributed by atoms with Crippen molar-refractivity contribution in [2.24, 2.45) is 0 Å². The highest BCUT2D eigenvalue weighted by Gasteiger charge is 2.34. The first-order chi connectivity index (χ1) is 19.0. The molecule has 0 N–H and O–H groups in total.